The standard InChI is InChI=1S/C17H24N2O2/c1-2-17(6-8-18-9-7-17)16(21)19-10-5-13-3-4-15(20)11-14(13)12-19/h3-4,11,18,20H,2,5-10,12H2,1H3. The summed E-state index contributed by atoms with van der Waals surface area (Å²) >= 11 is 0. The molecule has 0 bridgehead atoms. The number of rotatable bonds is 2. The molecule has 114 valence electrons. The van der Waals surface area contributed by atoms with Crippen molar-refractivity contribution >= 4 is 5.91 Å². The van der Waals surface area contributed by atoms with Gasteiger partial charge in [-0.25, -0.2) is 0 Å². The van der Waals surface area contributed by atoms with Gasteiger partial charge in [0.25, 0.3) is 0 Å². The lowest BCUT2D eigenvalue weighted by atomic mass is 9.75. The molecule has 4 nitrogen and oxygen atoms in total. The molecule has 0 atom stereocenters. The minimum Gasteiger partial charge on any atom is -0.508 e. The molecule has 2 aliphatic rings. The van der Waals surface area contributed by atoms with Gasteiger partial charge in [-0.1, -0.05) is 13.0 Å². The van der Waals surface area contributed by atoms with Crippen molar-refractivity contribution < 1.29 is 9.90 Å². The Labute approximate surface area is 126 Å². The predicted molar refractivity (Wildman–Crippen MR) is 82.1 cm³/mol. The van der Waals surface area contributed by atoms with Crippen molar-refractivity contribution in [1.29, 1.82) is 0 Å². The van der Waals surface area contributed by atoms with Crippen molar-refractivity contribution in [2.45, 2.75) is 39.2 Å². The van der Waals surface area contributed by atoms with Crippen LogP contribution in [-0.4, -0.2) is 35.5 Å². The maximum atomic E-state index is 13.0. The first-order valence-electron chi connectivity index (χ1n) is 7.95. The molecule has 0 spiro atoms. The monoisotopic (exact) mass is 288 g/mol. The summed E-state index contributed by atoms with van der Waals surface area (Å²) in [6, 6.07) is 5.51. The molecule has 1 fully saturated rings. The van der Waals surface area contributed by atoms with Gasteiger partial charge >= 0.3 is 0 Å². The molecule has 0 aliphatic carbocycles. The van der Waals surface area contributed by atoms with E-state index in [1.165, 1.54) is 5.56 Å². The van der Waals surface area contributed by atoms with Gasteiger partial charge < -0.3 is 15.3 Å². The minimum atomic E-state index is -0.181. The smallest absolute Gasteiger partial charge is 0.229 e. The van der Waals surface area contributed by atoms with E-state index in [1.807, 2.05) is 11.0 Å². The van der Waals surface area contributed by atoms with Gasteiger partial charge in [0.05, 0.1) is 5.41 Å². The van der Waals surface area contributed by atoms with E-state index >= 15 is 0 Å². The van der Waals surface area contributed by atoms with Crippen LogP contribution in [0, 0.1) is 5.41 Å². The van der Waals surface area contributed by atoms with Gasteiger partial charge in [-0.05, 0) is 62.0 Å². The molecule has 0 saturated carbocycles. The van der Waals surface area contributed by atoms with Gasteiger partial charge in [0, 0.05) is 13.1 Å². The highest BCUT2D eigenvalue weighted by Gasteiger charge is 2.41. The largest absolute Gasteiger partial charge is 0.508 e. The summed E-state index contributed by atoms with van der Waals surface area (Å²) < 4.78 is 0. The van der Waals surface area contributed by atoms with E-state index in [9.17, 15) is 9.90 Å². The molecule has 21 heavy (non-hydrogen) atoms. The van der Waals surface area contributed by atoms with Gasteiger partial charge in [0.15, 0.2) is 0 Å². The van der Waals surface area contributed by atoms with Gasteiger partial charge in [-0.3, -0.25) is 4.79 Å². The van der Waals surface area contributed by atoms with Crippen molar-refractivity contribution in [1.82, 2.24) is 10.2 Å². The second-order valence-electron chi connectivity index (χ2n) is 6.31. The highest BCUT2D eigenvalue weighted by atomic mass is 16.3. The summed E-state index contributed by atoms with van der Waals surface area (Å²) in [4.78, 5) is 15.0. The predicted octanol–water partition coefficient (Wildman–Crippen LogP) is 2.06. The lowest BCUT2D eigenvalue weighted by molar-refractivity contribution is -0.145. The molecule has 0 aromatic heterocycles. The summed E-state index contributed by atoms with van der Waals surface area (Å²) in [7, 11) is 0. The van der Waals surface area contributed by atoms with Crippen LogP contribution in [0.1, 0.15) is 37.3 Å². The topological polar surface area (TPSA) is 52.6 Å². The summed E-state index contributed by atoms with van der Waals surface area (Å²) in [6.45, 7) is 5.44. The molecule has 2 N–H and O–H groups in total. The van der Waals surface area contributed by atoms with E-state index in [2.05, 4.69) is 12.2 Å². The SMILES string of the molecule is CCC1(C(=O)N2CCc3ccc(O)cc3C2)CCNCC1. The van der Waals surface area contributed by atoms with Crippen LogP contribution in [0.15, 0.2) is 18.2 Å². The second kappa shape index (κ2) is 5.68. The molecule has 1 aromatic carbocycles. The number of phenolic OH excluding ortho intramolecular Hbond substituents is 1. The summed E-state index contributed by atoms with van der Waals surface area (Å²) in [6.07, 6.45) is 3.67. The average Bonchev–Trinajstić information content (AvgIpc) is 2.54. The molecule has 4 heteroatoms. The molecular weight excluding hydrogens is 264 g/mol. The maximum absolute atomic E-state index is 13.0. The lowest BCUT2D eigenvalue weighted by Crippen LogP contribution is -2.50. The van der Waals surface area contributed by atoms with Crippen LogP contribution in [0.2, 0.25) is 0 Å². The fourth-order valence-corrected chi connectivity index (χ4v) is 3.68. The third-order valence-corrected chi connectivity index (χ3v) is 5.18. The molecule has 2 aliphatic heterocycles. The lowest BCUT2D eigenvalue weighted by Gasteiger charge is -2.41. The van der Waals surface area contributed by atoms with Crippen LogP contribution in [0.25, 0.3) is 0 Å². The van der Waals surface area contributed by atoms with Gasteiger partial charge in [0.2, 0.25) is 5.91 Å². The zero-order chi connectivity index (χ0) is 14.9. The molecule has 0 radical (unpaired) electrons. The summed E-state index contributed by atoms with van der Waals surface area (Å²) in [5, 5.41) is 13.0. The zero-order valence-corrected chi connectivity index (χ0v) is 12.7. The van der Waals surface area contributed by atoms with Crippen LogP contribution in [-0.2, 0) is 17.8 Å². The number of phenols is 1. The molecule has 0 unspecified atom stereocenters. The third kappa shape index (κ3) is 2.64. The first-order valence-corrected chi connectivity index (χ1v) is 7.95. The van der Waals surface area contributed by atoms with Crippen molar-refractivity contribution in [3.63, 3.8) is 0 Å². The highest BCUT2D eigenvalue weighted by Crippen LogP contribution is 2.36. The van der Waals surface area contributed by atoms with Crippen molar-refractivity contribution in [3.8, 4) is 5.75 Å². The van der Waals surface area contributed by atoms with E-state index in [0.717, 1.165) is 50.9 Å². The molecule has 1 amide bonds. The quantitative estimate of drug-likeness (QED) is 0.876. The van der Waals surface area contributed by atoms with E-state index < -0.39 is 0 Å². The number of amides is 1. The number of nitrogens with zero attached hydrogens (tertiary/aromatic N) is 1. The Hall–Kier alpha value is -1.55. The number of aromatic hydroxyl groups is 1. The number of nitrogens with one attached hydrogen (secondary N) is 1. The van der Waals surface area contributed by atoms with Gasteiger partial charge in [0.1, 0.15) is 5.75 Å². The van der Waals surface area contributed by atoms with Crippen LogP contribution in [0.3, 0.4) is 0 Å². The normalized spacial score (nSPS) is 20.9. The number of carbonyl (C=O) groups is 1. The number of piperidine rings is 1. The fraction of sp³-hybridized carbons (Fsp3) is 0.588. The Morgan fingerprint density at radius 3 is 2.81 bits per heavy atom. The van der Waals surface area contributed by atoms with Crippen LogP contribution in [0.4, 0.5) is 0 Å². The average molecular weight is 288 g/mol. The maximum Gasteiger partial charge on any atom is 0.229 e. The van der Waals surface area contributed by atoms with E-state index in [-0.39, 0.29) is 11.2 Å². The zero-order valence-electron chi connectivity index (χ0n) is 12.7. The van der Waals surface area contributed by atoms with Gasteiger partial charge in [-0.15, -0.1) is 0 Å². The van der Waals surface area contributed by atoms with Crippen LogP contribution >= 0.6 is 0 Å². The summed E-state index contributed by atoms with van der Waals surface area (Å²) in [5.74, 6) is 0.593. The van der Waals surface area contributed by atoms with E-state index in [0.29, 0.717) is 12.5 Å². The molecular formula is C17H24N2O2. The van der Waals surface area contributed by atoms with Crippen molar-refractivity contribution in [2.75, 3.05) is 19.6 Å². The molecule has 1 saturated heterocycles. The van der Waals surface area contributed by atoms with Crippen molar-refractivity contribution in [2.24, 2.45) is 5.41 Å². The number of carbonyl (C=O) groups excluding carboxylic acids is 1. The molecule has 1 aromatic rings. The number of hydrogen-bond donors (Lipinski definition) is 2. The summed E-state index contributed by atoms with van der Waals surface area (Å²) in [5.41, 5.74) is 2.17. The molecule has 2 heterocycles. The van der Waals surface area contributed by atoms with Crippen LogP contribution < -0.4 is 5.32 Å². The van der Waals surface area contributed by atoms with Crippen LogP contribution in [0.5, 0.6) is 5.75 Å². The molecule has 3 rings (SSSR count). The first kappa shape index (κ1) is 14.4. The van der Waals surface area contributed by atoms with Gasteiger partial charge in [-0.2, -0.15) is 0 Å². The Morgan fingerprint density at radius 2 is 2.10 bits per heavy atom. The Morgan fingerprint density at radius 1 is 1.33 bits per heavy atom. The fourth-order valence-electron chi connectivity index (χ4n) is 3.68. The highest BCUT2D eigenvalue weighted by molar-refractivity contribution is 5.83. The van der Waals surface area contributed by atoms with Crippen molar-refractivity contribution in [3.05, 3.63) is 29.3 Å². The number of hydrogen-bond acceptors (Lipinski definition) is 3. The first-order chi connectivity index (χ1) is 10.1. The Balaban J connectivity index is 1.80. The minimum absolute atomic E-state index is 0.181. The number of benzene rings is 1. The second-order valence-corrected chi connectivity index (χ2v) is 6.31. The Bertz CT molecular complexity index is 536. The third-order valence-electron chi connectivity index (χ3n) is 5.18. The Kier molecular flexibility index (Phi) is 3.89. The number of fused-ring (bicyclic) bond motifs is 1. The van der Waals surface area contributed by atoms with E-state index in [4.69, 9.17) is 0 Å². The van der Waals surface area contributed by atoms with E-state index in [1.54, 1.807) is 12.1 Å².